The number of methoxy groups -OCH3 is 2. The fraction of sp³-hybridized carbons (Fsp3) is 0.333. The molecule has 2 aromatic rings. The van der Waals surface area contributed by atoms with Gasteiger partial charge >= 0.3 is 5.97 Å². The van der Waals surface area contributed by atoms with Gasteiger partial charge in [0.25, 0.3) is 0 Å². The van der Waals surface area contributed by atoms with Crippen molar-refractivity contribution in [2.45, 2.75) is 4.90 Å². The van der Waals surface area contributed by atoms with Crippen LogP contribution in [0.15, 0.2) is 41.3 Å². The highest BCUT2D eigenvalue weighted by Crippen LogP contribution is 2.28. The van der Waals surface area contributed by atoms with Crippen LogP contribution < -0.4 is 9.47 Å². The molecule has 0 spiro atoms. The predicted molar refractivity (Wildman–Crippen MR) is 110 cm³/mol. The van der Waals surface area contributed by atoms with Crippen LogP contribution in [0.3, 0.4) is 0 Å². The largest absolute Gasteiger partial charge is 0.495 e. The van der Waals surface area contributed by atoms with Gasteiger partial charge in [0.2, 0.25) is 10.0 Å². The van der Waals surface area contributed by atoms with Gasteiger partial charge in [0.05, 0.1) is 33.0 Å². The molecule has 0 aromatic heterocycles. The summed E-state index contributed by atoms with van der Waals surface area (Å²) >= 11 is 0. The Labute approximate surface area is 184 Å². The van der Waals surface area contributed by atoms with Gasteiger partial charge in [-0.05, 0) is 36.4 Å². The topological polar surface area (TPSA) is 108 Å². The van der Waals surface area contributed by atoms with Crippen LogP contribution in [0.2, 0.25) is 0 Å². The Morgan fingerprint density at radius 3 is 2.25 bits per heavy atom. The number of esters is 1. The van der Waals surface area contributed by atoms with Crippen LogP contribution in [0.4, 0.5) is 4.39 Å². The minimum atomic E-state index is -3.95. The zero-order valence-corrected chi connectivity index (χ0v) is 18.3. The molecule has 0 aliphatic carbocycles. The first-order chi connectivity index (χ1) is 15.3. The van der Waals surface area contributed by atoms with Crippen molar-refractivity contribution < 1.29 is 41.3 Å². The van der Waals surface area contributed by atoms with Gasteiger partial charge in [-0.15, -0.1) is 0 Å². The van der Waals surface area contributed by atoms with E-state index in [1.165, 1.54) is 42.8 Å². The number of sulfonamides is 1. The average molecular weight is 467 g/mol. The van der Waals surface area contributed by atoms with E-state index in [2.05, 4.69) is 0 Å². The van der Waals surface area contributed by atoms with Gasteiger partial charge in [-0.1, -0.05) is 0 Å². The molecular formula is C21H22FNO8S. The summed E-state index contributed by atoms with van der Waals surface area (Å²) in [7, 11) is -1.33. The molecule has 9 nitrogen and oxygen atoms in total. The van der Waals surface area contributed by atoms with Crippen molar-refractivity contribution in [2.24, 2.45) is 0 Å². The first-order valence-corrected chi connectivity index (χ1v) is 11.0. The maximum atomic E-state index is 13.8. The lowest BCUT2D eigenvalue weighted by molar-refractivity contribution is 0.0474. The lowest BCUT2D eigenvalue weighted by Crippen LogP contribution is -2.40. The number of rotatable bonds is 8. The van der Waals surface area contributed by atoms with Crippen LogP contribution in [0, 0.1) is 5.82 Å². The van der Waals surface area contributed by atoms with Crippen molar-refractivity contribution in [3.05, 3.63) is 53.3 Å². The summed E-state index contributed by atoms with van der Waals surface area (Å²) in [5.41, 5.74) is -0.0761. The van der Waals surface area contributed by atoms with E-state index in [4.69, 9.17) is 18.9 Å². The number of halogens is 1. The Morgan fingerprint density at radius 1 is 1.00 bits per heavy atom. The van der Waals surface area contributed by atoms with Gasteiger partial charge < -0.3 is 18.9 Å². The lowest BCUT2D eigenvalue weighted by Gasteiger charge is -2.26. The van der Waals surface area contributed by atoms with Crippen LogP contribution in [-0.4, -0.2) is 71.6 Å². The zero-order valence-electron chi connectivity index (χ0n) is 17.5. The lowest BCUT2D eigenvalue weighted by atomic mass is 10.1. The average Bonchev–Trinajstić information content (AvgIpc) is 2.82. The zero-order chi connectivity index (χ0) is 23.3. The Morgan fingerprint density at radius 2 is 1.62 bits per heavy atom. The molecule has 0 amide bonds. The number of carbonyl (C=O) groups excluding carboxylic acids is 2. The highest BCUT2D eigenvalue weighted by atomic mass is 32.2. The van der Waals surface area contributed by atoms with Crippen LogP contribution in [0.25, 0.3) is 0 Å². The molecule has 0 N–H and O–H groups in total. The molecule has 1 heterocycles. The van der Waals surface area contributed by atoms with Crippen LogP contribution in [-0.2, 0) is 19.5 Å². The Balaban J connectivity index is 1.76. The minimum Gasteiger partial charge on any atom is -0.495 e. The van der Waals surface area contributed by atoms with E-state index in [0.29, 0.717) is 0 Å². The minimum absolute atomic E-state index is 0.00131. The molecule has 0 radical (unpaired) electrons. The summed E-state index contributed by atoms with van der Waals surface area (Å²) in [6.07, 6.45) is 0. The number of hydrogen-bond donors (Lipinski definition) is 0. The predicted octanol–water partition coefficient (Wildman–Crippen LogP) is 1.90. The van der Waals surface area contributed by atoms with E-state index in [1.54, 1.807) is 0 Å². The summed E-state index contributed by atoms with van der Waals surface area (Å²) in [5.74, 6) is -2.22. The number of benzene rings is 2. The van der Waals surface area contributed by atoms with E-state index in [0.717, 1.165) is 12.1 Å². The van der Waals surface area contributed by atoms with Crippen molar-refractivity contribution in [2.75, 3.05) is 47.1 Å². The molecule has 32 heavy (non-hydrogen) atoms. The molecule has 1 aliphatic heterocycles. The second-order valence-corrected chi connectivity index (χ2v) is 8.64. The molecule has 1 saturated heterocycles. The Hall–Kier alpha value is -3.02. The Bertz CT molecular complexity index is 1110. The van der Waals surface area contributed by atoms with Crippen molar-refractivity contribution in [1.29, 1.82) is 0 Å². The van der Waals surface area contributed by atoms with Gasteiger partial charge in [0, 0.05) is 18.7 Å². The van der Waals surface area contributed by atoms with E-state index < -0.39 is 34.2 Å². The number of morpholine rings is 1. The normalized spacial score (nSPS) is 14.6. The van der Waals surface area contributed by atoms with E-state index in [-0.39, 0.29) is 53.8 Å². The summed E-state index contributed by atoms with van der Waals surface area (Å²) in [6, 6.07) is 7.43. The van der Waals surface area contributed by atoms with Gasteiger partial charge in [0.15, 0.2) is 24.0 Å². The van der Waals surface area contributed by atoms with Crippen molar-refractivity contribution in [3.8, 4) is 11.5 Å². The molecule has 0 unspecified atom stereocenters. The molecule has 0 saturated carbocycles. The summed E-state index contributed by atoms with van der Waals surface area (Å²) < 4.78 is 61.2. The molecule has 2 aromatic carbocycles. The van der Waals surface area contributed by atoms with Crippen molar-refractivity contribution in [1.82, 2.24) is 4.31 Å². The van der Waals surface area contributed by atoms with Crippen LogP contribution >= 0.6 is 0 Å². The molecule has 11 heteroatoms. The number of hydrogen-bond acceptors (Lipinski definition) is 8. The number of Topliss-reactive ketones (excluding diaryl/α,β-unsaturated/α-hetero) is 1. The van der Waals surface area contributed by atoms with Gasteiger partial charge in [-0.2, -0.15) is 4.31 Å². The molecule has 1 fully saturated rings. The van der Waals surface area contributed by atoms with Crippen LogP contribution in [0.1, 0.15) is 20.7 Å². The second-order valence-electron chi connectivity index (χ2n) is 6.73. The van der Waals surface area contributed by atoms with Gasteiger partial charge in [-0.25, -0.2) is 17.6 Å². The molecule has 0 atom stereocenters. The third-order valence-corrected chi connectivity index (χ3v) is 6.72. The van der Waals surface area contributed by atoms with Gasteiger partial charge in [0.1, 0.15) is 10.6 Å². The smallest absolute Gasteiger partial charge is 0.338 e. The SMILES string of the molecule is COc1ccc(C(=O)COC(=O)c2ccc(OC)c(S(=O)(=O)N3CCOCC3)c2)cc1F. The fourth-order valence-corrected chi connectivity index (χ4v) is 4.66. The summed E-state index contributed by atoms with van der Waals surface area (Å²) in [6.45, 7) is 0.219. The molecule has 0 bridgehead atoms. The van der Waals surface area contributed by atoms with E-state index >= 15 is 0 Å². The first kappa shape index (κ1) is 23.6. The number of ether oxygens (including phenoxy) is 4. The van der Waals surface area contributed by atoms with Crippen molar-refractivity contribution >= 4 is 21.8 Å². The highest BCUT2D eigenvalue weighted by molar-refractivity contribution is 7.89. The van der Waals surface area contributed by atoms with Crippen LogP contribution in [0.5, 0.6) is 11.5 Å². The highest BCUT2D eigenvalue weighted by Gasteiger charge is 2.30. The van der Waals surface area contributed by atoms with Crippen molar-refractivity contribution in [3.63, 3.8) is 0 Å². The first-order valence-electron chi connectivity index (χ1n) is 9.57. The molecule has 3 rings (SSSR count). The molecule has 1 aliphatic rings. The maximum absolute atomic E-state index is 13.8. The standard InChI is InChI=1S/C21H22FNO8S/c1-28-18-5-3-14(11-16(18)22)17(24)13-31-21(25)15-4-6-19(29-2)20(12-15)32(26,27)23-7-9-30-10-8-23/h3-6,11-12H,7-10,13H2,1-2H3. The van der Waals surface area contributed by atoms with Gasteiger partial charge in [-0.3, -0.25) is 4.79 Å². The monoisotopic (exact) mass is 467 g/mol. The second kappa shape index (κ2) is 10.1. The maximum Gasteiger partial charge on any atom is 0.338 e. The summed E-state index contributed by atoms with van der Waals surface area (Å²) in [5, 5.41) is 0. The fourth-order valence-electron chi connectivity index (χ4n) is 3.07. The third-order valence-electron chi connectivity index (χ3n) is 4.80. The van der Waals surface area contributed by atoms with E-state index in [1.807, 2.05) is 0 Å². The number of ketones is 1. The Kier molecular flexibility index (Phi) is 7.44. The quantitative estimate of drug-likeness (QED) is 0.428. The molecular weight excluding hydrogens is 445 g/mol. The number of carbonyl (C=O) groups is 2. The third kappa shape index (κ3) is 5.06. The molecule has 172 valence electrons. The number of nitrogens with zero attached hydrogens (tertiary/aromatic N) is 1. The van der Waals surface area contributed by atoms with E-state index in [9.17, 15) is 22.4 Å². The summed E-state index contributed by atoms with van der Waals surface area (Å²) in [4.78, 5) is 24.5.